The Morgan fingerprint density at radius 3 is 2.62 bits per heavy atom. The third-order valence-electron chi connectivity index (χ3n) is 4.43. The van der Waals surface area contributed by atoms with Crippen LogP contribution in [-0.4, -0.2) is 19.3 Å². The summed E-state index contributed by atoms with van der Waals surface area (Å²) >= 11 is 0. The number of nitriles is 1. The summed E-state index contributed by atoms with van der Waals surface area (Å²) < 4.78 is 3.66. The summed E-state index contributed by atoms with van der Waals surface area (Å²) in [4.78, 5) is 3.96. The van der Waals surface area contributed by atoms with Gasteiger partial charge in [-0.25, -0.2) is 9.67 Å². The maximum absolute atomic E-state index is 9.11. The number of rotatable bonds is 5. The largest absolute Gasteiger partial charge is 0.340 e. The molecule has 0 radical (unpaired) electrons. The van der Waals surface area contributed by atoms with Crippen molar-refractivity contribution >= 4 is 0 Å². The van der Waals surface area contributed by atoms with Crippen molar-refractivity contribution in [3.05, 3.63) is 65.5 Å². The van der Waals surface area contributed by atoms with Gasteiger partial charge in [-0.2, -0.15) is 10.4 Å². The molecular weight excluding hydrogens is 300 g/mol. The zero-order valence-corrected chi connectivity index (χ0v) is 14.1. The second kappa shape index (κ2) is 6.69. The lowest BCUT2D eigenvalue weighted by atomic mass is 10.1. The highest BCUT2D eigenvalue weighted by atomic mass is 15.3. The Morgan fingerprint density at radius 1 is 1.29 bits per heavy atom. The Kier molecular flexibility index (Phi) is 4.45. The molecule has 2 aromatic heterocycles. The molecule has 3 rings (SSSR count). The highest BCUT2D eigenvalue weighted by Gasteiger charge is 2.11. The zero-order valence-electron chi connectivity index (χ0n) is 14.1. The summed E-state index contributed by atoms with van der Waals surface area (Å²) in [5, 5.41) is 16.8. The van der Waals surface area contributed by atoms with Gasteiger partial charge in [-0.05, 0) is 43.2 Å². The fraction of sp³-hybridized carbons (Fsp3) is 0.278. The number of benzene rings is 1. The first kappa shape index (κ1) is 16.0. The van der Waals surface area contributed by atoms with E-state index in [-0.39, 0.29) is 6.04 Å². The Hall–Kier alpha value is -2.91. The topological polar surface area (TPSA) is 71.5 Å². The number of aromatic nitrogens is 4. The molecule has 0 unspecified atom stereocenters. The van der Waals surface area contributed by atoms with E-state index >= 15 is 0 Å². The van der Waals surface area contributed by atoms with Crippen LogP contribution < -0.4 is 5.32 Å². The second-order valence-corrected chi connectivity index (χ2v) is 5.85. The summed E-state index contributed by atoms with van der Waals surface area (Å²) in [5.74, 6) is 0. The Labute approximate surface area is 141 Å². The van der Waals surface area contributed by atoms with Crippen LogP contribution >= 0.6 is 0 Å². The van der Waals surface area contributed by atoms with Crippen LogP contribution in [0.1, 0.15) is 35.5 Å². The average molecular weight is 320 g/mol. The van der Waals surface area contributed by atoms with Crippen LogP contribution in [-0.2, 0) is 13.6 Å². The molecule has 0 amide bonds. The summed E-state index contributed by atoms with van der Waals surface area (Å²) in [6.07, 6.45) is 3.21. The molecule has 0 saturated heterocycles. The van der Waals surface area contributed by atoms with E-state index in [1.165, 1.54) is 11.9 Å². The maximum Gasteiger partial charge on any atom is 0.138 e. The minimum Gasteiger partial charge on any atom is -0.340 e. The number of hydrogen-bond acceptors (Lipinski definition) is 4. The Morgan fingerprint density at radius 2 is 2.04 bits per heavy atom. The molecule has 1 aromatic carbocycles. The van der Waals surface area contributed by atoms with Gasteiger partial charge in [0, 0.05) is 25.3 Å². The molecule has 2 heterocycles. The van der Waals surface area contributed by atoms with Crippen molar-refractivity contribution in [2.45, 2.75) is 26.4 Å². The minimum absolute atomic E-state index is 0.208. The van der Waals surface area contributed by atoms with Gasteiger partial charge in [0.15, 0.2) is 0 Å². The minimum atomic E-state index is 0.208. The molecule has 6 heteroatoms. The molecule has 0 bridgehead atoms. The second-order valence-electron chi connectivity index (χ2n) is 5.85. The lowest BCUT2D eigenvalue weighted by molar-refractivity contribution is 0.572. The van der Waals surface area contributed by atoms with Gasteiger partial charge in [0.25, 0.3) is 0 Å². The smallest absolute Gasteiger partial charge is 0.138 e. The summed E-state index contributed by atoms with van der Waals surface area (Å²) in [6, 6.07) is 12.6. The van der Waals surface area contributed by atoms with E-state index in [1.54, 1.807) is 11.0 Å². The molecule has 0 aliphatic carbocycles. The molecule has 1 N–H and O–H groups in total. The van der Waals surface area contributed by atoms with Gasteiger partial charge in [0.1, 0.15) is 24.4 Å². The van der Waals surface area contributed by atoms with Gasteiger partial charge in [-0.3, -0.25) is 0 Å². The normalized spacial score (nSPS) is 12.1. The first-order chi connectivity index (χ1) is 11.6. The molecule has 0 fully saturated rings. The van der Waals surface area contributed by atoms with Crippen molar-refractivity contribution in [2.75, 3.05) is 0 Å². The summed E-state index contributed by atoms with van der Waals surface area (Å²) in [7, 11) is 1.92. The van der Waals surface area contributed by atoms with Crippen LogP contribution in [0.15, 0.2) is 43.0 Å². The van der Waals surface area contributed by atoms with Gasteiger partial charge < -0.3 is 9.88 Å². The van der Waals surface area contributed by atoms with Crippen LogP contribution in [0.3, 0.4) is 0 Å². The number of hydrogen-bond donors (Lipinski definition) is 1. The van der Waals surface area contributed by atoms with Crippen molar-refractivity contribution in [1.29, 1.82) is 5.26 Å². The molecular formula is C18H20N6. The lowest BCUT2D eigenvalue weighted by Gasteiger charge is -2.15. The zero-order chi connectivity index (χ0) is 17.1. The van der Waals surface area contributed by atoms with Crippen molar-refractivity contribution in [3.63, 3.8) is 0 Å². The van der Waals surface area contributed by atoms with Crippen LogP contribution in [0.2, 0.25) is 0 Å². The number of nitrogens with one attached hydrogen (secondary N) is 1. The van der Waals surface area contributed by atoms with E-state index in [1.807, 2.05) is 36.7 Å². The summed E-state index contributed by atoms with van der Waals surface area (Å²) in [6.45, 7) is 4.90. The monoisotopic (exact) mass is 320 g/mol. The van der Waals surface area contributed by atoms with Gasteiger partial charge in [-0.1, -0.05) is 12.1 Å². The molecule has 0 aliphatic heterocycles. The van der Waals surface area contributed by atoms with Crippen molar-refractivity contribution in [1.82, 2.24) is 24.6 Å². The molecule has 0 aliphatic rings. The standard InChI is InChI=1S/C18H20N6/c1-13(21-10-16-8-18(9-19)23(3)14(16)2)15-4-6-17(7-5-15)24-12-20-11-22-24/h4-8,11-13,21H,10H2,1-3H3/t13-/m1/s1. The lowest BCUT2D eigenvalue weighted by Crippen LogP contribution is -2.18. The fourth-order valence-corrected chi connectivity index (χ4v) is 2.69. The Bertz CT molecular complexity index is 852. The predicted molar refractivity (Wildman–Crippen MR) is 91.5 cm³/mol. The van der Waals surface area contributed by atoms with Gasteiger partial charge in [0.2, 0.25) is 0 Å². The van der Waals surface area contributed by atoms with Crippen molar-refractivity contribution in [3.8, 4) is 11.8 Å². The average Bonchev–Trinajstić information content (AvgIpc) is 3.23. The maximum atomic E-state index is 9.11. The van der Waals surface area contributed by atoms with E-state index < -0.39 is 0 Å². The van der Waals surface area contributed by atoms with E-state index in [0.29, 0.717) is 5.69 Å². The van der Waals surface area contributed by atoms with Crippen LogP contribution in [0.25, 0.3) is 5.69 Å². The van der Waals surface area contributed by atoms with Gasteiger partial charge >= 0.3 is 0 Å². The van der Waals surface area contributed by atoms with Gasteiger partial charge in [-0.15, -0.1) is 0 Å². The molecule has 24 heavy (non-hydrogen) atoms. The van der Waals surface area contributed by atoms with Crippen LogP contribution in [0, 0.1) is 18.3 Å². The Balaban J connectivity index is 1.67. The molecule has 0 spiro atoms. The van der Waals surface area contributed by atoms with Crippen molar-refractivity contribution < 1.29 is 0 Å². The first-order valence-electron chi connectivity index (χ1n) is 7.83. The summed E-state index contributed by atoms with van der Waals surface area (Å²) in [5.41, 5.74) is 5.15. The first-order valence-corrected chi connectivity index (χ1v) is 7.83. The quantitative estimate of drug-likeness (QED) is 0.784. The molecule has 0 saturated carbocycles. The third-order valence-corrected chi connectivity index (χ3v) is 4.43. The molecule has 122 valence electrons. The van der Waals surface area contributed by atoms with Gasteiger partial charge in [0.05, 0.1) is 5.69 Å². The molecule has 3 aromatic rings. The van der Waals surface area contributed by atoms with E-state index in [0.717, 1.165) is 23.5 Å². The highest BCUT2D eigenvalue weighted by molar-refractivity contribution is 5.36. The fourth-order valence-electron chi connectivity index (χ4n) is 2.69. The van der Waals surface area contributed by atoms with Crippen LogP contribution in [0.4, 0.5) is 0 Å². The van der Waals surface area contributed by atoms with Crippen LogP contribution in [0.5, 0.6) is 0 Å². The highest BCUT2D eigenvalue weighted by Crippen LogP contribution is 2.18. The van der Waals surface area contributed by atoms with E-state index in [4.69, 9.17) is 5.26 Å². The molecule has 6 nitrogen and oxygen atoms in total. The number of nitrogens with zero attached hydrogens (tertiary/aromatic N) is 5. The predicted octanol–water partition coefficient (Wildman–Crippen LogP) is 2.64. The van der Waals surface area contributed by atoms with E-state index in [9.17, 15) is 0 Å². The van der Waals surface area contributed by atoms with E-state index in [2.05, 4.69) is 40.5 Å². The van der Waals surface area contributed by atoms with Crippen molar-refractivity contribution in [2.24, 2.45) is 7.05 Å². The molecule has 1 atom stereocenters. The SMILES string of the molecule is Cc1c(CN[C@H](C)c2ccc(-n3cncn3)cc2)cc(C#N)n1C. The third kappa shape index (κ3) is 3.07.